The molecule has 1 aromatic rings. The zero-order valence-electron chi connectivity index (χ0n) is 8.47. The minimum Gasteiger partial charge on any atom is -0.493 e. The number of hydrogen-bond acceptors (Lipinski definition) is 4. The van der Waals surface area contributed by atoms with Crippen LogP contribution in [0.4, 0.5) is 0 Å². The Kier molecular flexibility index (Phi) is 3.68. The van der Waals surface area contributed by atoms with Crippen molar-refractivity contribution in [2.24, 2.45) is 0 Å². The Balaban J connectivity index is 2.97. The Morgan fingerprint density at radius 1 is 1.27 bits per heavy atom. The van der Waals surface area contributed by atoms with Gasteiger partial charge in [0.1, 0.15) is 0 Å². The Labute approximate surface area is 87.1 Å². The van der Waals surface area contributed by atoms with Crippen molar-refractivity contribution in [2.45, 2.75) is 0 Å². The molecule has 0 saturated heterocycles. The average molecular weight is 209 g/mol. The third-order valence-corrected chi connectivity index (χ3v) is 1.80. The highest BCUT2D eigenvalue weighted by Crippen LogP contribution is 2.27. The van der Waals surface area contributed by atoms with E-state index in [0.717, 1.165) is 6.20 Å². The normalized spacial score (nSPS) is 10.3. The van der Waals surface area contributed by atoms with Crippen LogP contribution in [-0.4, -0.2) is 19.1 Å². The lowest BCUT2D eigenvalue weighted by molar-refractivity contribution is -0.400. The smallest absolute Gasteiger partial charge is 0.235 e. The van der Waals surface area contributed by atoms with Crippen molar-refractivity contribution in [3.63, 3.8) is 0 Å². The van der Waals surface area contributed by atoms with Gasteiger partial charge in [-0.2, -0.15) is 0 Å². The number of rotatable bonds is 4. The molecule has 0 bridgehead atoms. The van der Waals surface area contributed by atoms with Crippen molar-refractivity contribution in [3.05, 3.63) is 40.1 Å². The lowest BCUT2D eigenvalue weighted by Crippen LogP contribution is -1.90. The first-order valence-corrected chi connectivity index (χ1v) is 4.21. The summed E-state index contributed by atoms with van der Waals surface area (Å²) in [5.74, 6) is 1.14. The molecule has 1 aromatic carbocycles. The van der Waals surface area contributed by atoms with Crippen molar-refractivity contribution < 1.29 is 14.4 Å². The van der Waals surface area contributed by atoms with E-state index in [1.54, 1.807) is 18.2 Å². The monoisotopic (exact) mass is 209 g/mol. The standard InChI is InChI=1S/C10H11NO4/c1-14-9-4-3-8(5-6-11(12)13)7-10(9)15-2/h3-7H,1-2H3. The lowest BCUT2D eigenvalue weighted by atomic mass is 10.2. The largest absolute Gasteiger partial charge is 0.493 e. The minimum atomic E-state index is -0.517. The maximum Gasteiger partial charge on any atom is 0.235 e. The summed E-state index contributed by atoms with van der Waals surface area (Å²) < 4.78 is 10.1. The fraction of sp³-hybridized carbons (Fsp3) is 0.200. The summed E-state index contributed by atoms with van der Waals surface area (Å²) in [5, 5.41) is 10.1. The predicted molar refractivity (Wildman–Crippen MR) is 55.6 cm³/mol. The molecule has 5 heteroatoms. The van der Waals surface area contributed by atoms with Gasteiger partial charge >= 0.3 is 0 Å². The van der Waals surface area contributed by atoms with Crippen LogP contribution in [0.15, 0.2) is 24.4 Å². The molecule has 5 nitrogen and oxygen atoms in total. The van der Waals surface area contributed by atoms with Crippen molar-refractivity contribution >= 4 is 6.08 Å². The first-order chi connectivity index (χ1) is 7.17. The maximum absolute atomic E-state index is 10.1. The SMILES string of the molecule is COc1ccc(C=C[N+](=O)[O-])cc1OC. The van der Waals surface area contributed by atoms with Gasteiger partial charge in [-0.25, -0.2) is 0 Å². The molecular weight excluding hydrogens is 198 g/mol. The van der Waals surface area contributed by atoms with Crippen molar-refractivity contribution in [1.82, 2.24) is 0 Å². The summed E-state index contributed by atoms with van der Waals surface area (Å²) >= 11 is 0. The van der Waals surface area contributed by atoms with E-state index in [1.807, 2.05) is 0 Å². The zero-order valence-corrected chi connectivity index (χ0v) is 8.47. The van der Waals surface area contributed by atoms with Gasteiger partial charge in [-0.1, -0.05) is 6.07 Å². The molecule has 0 saturated carbocycles. The number of hydrogen-bond donors (Lipinski definition) is 0. The van der Waals surface area contributed by atoms with Crippen LogP contribution in [0.5, 0.6) is 11.5 Å². The summed E-state index contributed by atoms with van der Waals surface area (Å²) in [6.07, 6.45) is 2.27. The molecule has 0 aliphatic heterocycles. The molecule has 0 heterocycles. The maximum atomic E-state index is 10.1. The molecule has 0 spiro atoms. The van der Waals surface area contributed by atoms with Gasteiger partial charge in [-0.15, -0.1) is 0 Å². The predicted octanol–water partition coefficient (Wildman–Crippen LogP) is 1.95. The summed E-state index contributed by atoms with van der Waals surface area (Å²) in [5.41, 5.74) is 0.685. The number of nitrogens with zero attached hydrogens (tertiary/aromatic N) is 1. The van der Waals surface area contributed by atoms with Gasteiger partial charge in [0.25, 0.3) is 0 Å². The second-order valence-corrected chi connectivity index (χ2v) is 2.72. The molecule has 0 N–H and O–H groups in total. The lowest BCUT2D eigenvalue weighted by Gasteiger charge is -2.07. The van der Waals surface area contributed by atoms with Crippen LogP contribution in [0, 0.1) is 10.1 Å². The molecule has 1 rings (SSSR count). The molecule has 0 atom stereocenters. The fourth-order valence-electron chi connectivity index (χ4n) is 1.10. The second-order valence-electron chi connectivity index (χ2n) is 2.72. The van der Waals surface area contributed by atoms with Crippen LogP contribution in [0.3, 0.4) is 0 Å². The van der Waals surface area contributed by atoms with E-state index in [1.165, 1.54) is 20.3 Å². The Morgan fingerprint density at radius 2 is 1.93 bits per heavy atom. The Bertz CT molecular complexity index is 387. The van der Waals surface area contributed by atoms with E-state index >= 15 is 0 Å². The van der Waals surface area contributed by atoms with Crippen molar-refractivity contribution in [1.29, 1.82) is 0 Å². The number of methoxy groups -OCH3 is 2. The highest BCUT2D eigenvalue weighted by atomic mass is 16.6. The van der Waals surface area contributed by atoms with E-state index in [0.29, 0.717) is 17.1 Å². The first kappa shape index (κ1) is 11.0. The van der Waals surface area contributed by atoms with Crippen molar-refractivity contribution in [2.75, 3.05) is 14.2 Å². The van der Waals surface area contributed by atoms with Crippen LogP contribution >= 0.6 is 0 Å². The molecule has 80 valence electrons. The first-order valence-electron chi connectivity index (χ1n) is 4.21. The quantitative estimate of drug-likeness (QED) is 0.561. The third-order valence-electron chi connectivity index (χ3n) is 1.80. The zero-order chi connectivity index (χ0) is 11.3. The van der Waals surface area contributed by atoms with E-state index in [4.69, 9.17) is 9.47 Å². The highest BCUT2D eigenvalue weighted by molar-refractivity contribution is 5.55. The van der Waals surface area contributed by atoms with Gasteiger partial charge in [0.15, 0.2) is 11.5 Å². The van der Waals surface area contributed by atoms with E-state index in [9.17, 15) is 10.1 Å². The van der Waals surface area contributed by atoms with Gasteiger partial charge in [-0.05, 0) is 17.7 Å². The second kappa shape index (κ2) is 4.99. The molecule has 0 unspecified atom stereocenters. The fourth-order valence-corrected chi connectivity index (χ4v) is 1.10. The van der Waals surface area contributed by atoms with Gasteiger partial charge in [0.2, 0.25) is 6.20 Å². The molecule has 15 heavy (non-hydrogen) atoms. The third kappa shape index (κ3) is 2.98. The number of ether oxygens (including phenoxy) is 2. The van der Waals surface area contributed by atoms with Crippen LogP contribution in [0.25, 0.3) is 6.08 Å². The average Bonchev–Trinajstić information content (AvgIpc) is 2.25. The van der Waals surface area contributed by atoms with Crippen LogP contribution in [-0.2, 0) is 0 Å². The van der Waals surface area contributed by atoms with Crippen LogP contribution in [0.2, 0.25) is 0 Å². The summed E-state index contributed by atoms with van der Waals surface area (Å²) in [6, 6.07) is 5.07. The van der Waals surface area contributed by atoms with E-state index < -0.39 is 4.92 Å². The van der Waals surface area contributed by atoms with Gasteiger partial charge in [0, 0.05) is 6.08 Å². The molecule has 0 aromatic heterocycles. The number of nitro groups is 1. The van der Waals surface area contributed by atoms with E-state index in [2.05, 4.69) is 0 Å². The molecule has 0 aliphatic carbocycles. The molecular formula is C10H11NO4. The summed E-state index contributed by atoms with van der Waals surface area (Å²) in [4.78, 5) is 9.60. The number of benzene rings is 1. The van der Waals surface area contributed by atoms with Crippen molar-refractivity contribution in [3.8, 4) is 11.5 Å². The Morgan fingerprint density at radius 3 is 2.47 bits per heavy atom. The van der Waals surface area contributed by atoms with Gasteiger partial charge in [0.05, 0.1) is 19.1 Å². The Hall–Kier alpha value is -2.04. The van der Waals surface area contributed by atoms with Gasteiger partial charge < -0.3 is 9.47 Å². The topological polar surface area (TPSA) is 61.6 Å². The summed E-state index contributed by atoms with van der Waals surface area (Å²) in [7, 11) is 3.04. The highest BCUT2D eigenvalue weighted by Gasteiger charge is 2.02. The van der Waals surface area contributed by atoms with E-state index in [-0.39, 0.29) is 0 Å². The van der Waals surface area contributed by atoms with Gasteiger partial charge in [-0.3, -0.25) is 10.1 Å². The van der Waals surface area contributed by atoms with Crippen LogP contribution < -0.4 is 9.47 Å². The molecule has 0 aliphatic rings. The van der Waals surface area contributed by atoms with Crippen LogP contribution in [0.1, 0.15) is 5.56 Å². The minimum absolute atomic E-state index is 0.517. The summed E-state index contributed by atoms with van der Waals surface area (Å²) in [6.45, 7) is 0. The molecule has 0 amide bonds. The molecule has 0 fully saturated rings. The molecule has 0 radical (unpaired) electrons.